The zero-order chi connectivity index (χ0) is 18.6. The maximum atomic E-state index is 10.2. The van der Waals surface area contributed by atoms with Crippen LogP contribution in [0.4, 0.5) is 0 Å². The van der Waals surface area contributed by atoms with Crippen molar-refractivity contribution in [3.8, 4) is 11.4 Å². The van der Waals surface area contributed by atoms with Gasteiger partial charge in [0, 0.05) is 18.0 Å². The average molecular weight is 355 g/mol. The van der Waals surface area contributed by atoms with E-state index in [0.717, 1.165) is 17.5 Å². The van der Waals surface area contributed by atoms with E-state index < -0.39 is 6.10 Å². The highest BCUT2D eigenvalue weighted by Crippen LogP contribution is 2.27. The molecule has 0 aliphatic heterocycles. The van der Waals surface area contributed by atoms with Gasteiger partial charge in [-0.1, -0.05) is 83.1 Å². The lowest BCUT2D eigenvalue weighted by molar-refractivity contribution is 0.174. The Bertz CT molecular complexity index is 624. The van der Waals surface area contributed by atoms with Crippen LogP contribution in [0.1, 0.15) is 88.9 Å². The maximum absolute atomic E-state index is 10.2. The zero-order valence-corrected chi connectivity index (χ0v) is 16.5. The summed E-state index contributed by atoms with van der Waals surface area (Å²) in [6.45, 7) is 4.24. The van der Waals surface area contributed by atoms with Crippen LogP contribution in [0, 0.1) is 0 Å². The normalized spacial score (nSPS) is 12.3. The molecular formula is C23H34N2O. The predicted octanol–water partition coefficient (Wildman–Crippen LogP) is 6.27. The van der Waals surface area contributed by atoms with E-state index in [1.807, 2.05) is 43.6 Å². The van der Waals surface area contributed by atoms with Gasteiger partial charge in [-0.05, 0) is 30.4 Å². The van der Waals surface area contributed by atoms with Gasteiger partial charge in [0.2, 0.25) is 0 Å². The van der Waals surface area contributed by atoms with Crippen molar-refractivity contribution < 1.29 is 5.11 Å². The minimum Gasteiger partial charge on any atom is -0.388 e. The largest absolute Gasteiger partial charge is 0.388 e. The van der Waals surface area contributed by atoms with E-state index in [-0.39, 0.29) is 0 Å². The summed E-state index contributed by atoms with van der Waals surface area (Å²) in [5.41, 5.74) is 3.04. The second-order valence-electron chi connectivity index (χ2n) is 7.15. The summed E-state index contributed by atoms with van der Waals surface area (Å²) >= 11 is 0. The van der Waals surface area contributed by atoms with Gasteiger partial charge in [0.25, 0.3) is 0 Å². The van der Waals surface area contributed by atoms with Crippen molar-refractivity contribution in [2.24, 2.45) is 0 Å². The number of nitrogens with zero attached hydrogens (tertiary/aromatic N) is 2. The van der Waals surface area contributed by atoms with Crippen LogP contribution >= 0.6 is 0 Å². The standard InChI is InChI=1S/C23H34N2O/c1-3-5-6-7-8-9-10-11-14-19-17-24-23(25-18-19)21-16-13-12-15-20(21)22(26)4-2/h12-13,15-18,22,26H,3-11,14H2,1-2H3. The Morgan fingerprint density at radius 2 is 1.46 bits per heavy atom. The smallest absolute Gasteiger partial charge is 0.159 e. The second-order valence-corrected chi connectivity index (χ2v) is 7.15. The Hall–Kier alpha value is -1.74. The van der Waals surface area contributed by atoms with Gasteiger partial charge in [-0.25, -0.2) is 9.97 Å². The average Bonchev–Trinajstić information content (AvgIpc) is 2.70. The lowest BCUT2D eigenvalue weighted by Crippen LogP contribution is -2.01. The molecule has 1 atom stereocenters. The lowest BCUT2D eigenvalue weighted by atomic mass is 10.00. The van der Waals surface area contributed by atoms with E-state index in [4.69, 9.17) is 0 Å². The molecule has 0 saturated heterocycles. The summed E-state index contributed by atoms with van der Waals surface area (Å²) in [6.07, 6.45) is 15.8. The van der Waals surface area contributed by atoms with Crippen LogP contribution < -0.4 is 0 Å². The highest BCUT2D eigenvalue weighted by molar-refractivity contribution is 5.60. The summed E-state index contributed by atoms with van der Waals surface area (Å²) in [7, 11) is 0. The lowest BCUT2D eigenvalue weighted by Gasteiger charge is -2.13. The van der Waals surface area contributed by atoms with Crippen LogP contribution in [0.25, 0.3) is 11.4 Å². The van der Waals surface area contributed by atoms with Gasteiger partial charge < -0.3 is 5.11 Å². The highest BCUT2D eigenvalue weighted by Gasteiger charge is 2.13. The molecule has 0 saturated carbocycles. The molecule has 0 aliphatic rings. The molecule has 3 nitrogen and oxygen atoms in total. The fraction of sp³-hybridized carbons (Fsp3) is 0.565. The van der Waals surface area contributed by atoms with Gasteiger partial charge in [-0.15, -0.1) is 0 Å². The molecule has 2 aromatic rings. The molecule has 0 fully saturated rings. The summed E-state index contributed by atoms with van der Waals surface area (Å²) in [4.78, 5) is 9.11. The Labute approximate surface area is 158 Å². The molecule has 1 aromatic heterocycles. The van der Waals surface area contributed by atoms with Crippen molar-refractivity contribution in [3.63, 3.8) is 0 Å². The molecule has 1 unspecified atom stereocenters. The molecule has 26 heavy (non-hydrogen) atoms. The van der Waals surface area contributed by atoms with Crippen molar-refractivity contribution >= 4 is 0 Å². The van der Waals surface area contributed by atoms with Gasteiger partial charge in [-0.3, -0.25) is 0 Å². The quantitative estimate of drug-likeness (QED) is 0.457. The molecule has 3 heteroatoms. The molecule has 0 radical (unpaired) electrons. The molecule has 0 bridgehead atoms. The number of rotatable bonds is 12. The number of aryl methyl sites for hydroxylation is 1. The van der Waals surface area contributed by atoms with E-state index in [2.05, 4.69) is 16.9 Å². The number of aliphatic hydroxyl groups excluding tert-OH is 1. The van der Waals surface area contributed by atoms with Crippen molar-refractivity contribution in [1.82, 2.24) is 9.97 Å². The Balaban J connectivity index is 1.82. The molecule has 142 valence electrons. The van der Waals surface area contributed by atoms with E-state index in [9.17, 15) is 5.11 Å². The van der Waals surface area contributed by atoms with Gasteiger partial charge in [-0.2, -0.15) is 0 Å². The molecule has 1 aromatic carbocycles. The summed E-state index contributed by atoms with van der Waals surface area (Å²) in [5.74, 6) is 0.702. The first-order valence-corrected chi connectivity index (χ1v) is 10.3. The minimum absolute atomic E-state index is 0.466. The Kier molecular flexibility index (Phi) is 9.33. The van der Waals surface area contributed by atoms with E-state index in [1.54, 1.807) is 0 Å². The third-order valence-corrected chi connectivity index (χ3v) is 4.97. The second kappa shape index (κ2) is 11.8. The Morgan fingerprint density at radius 1 is 0.846 bits per heavy atom. The van der Waals surface area contributed by atoms with Gasteiger partial charge in [0.15, 0.2) is 5.82 Å². The molecule has 0 spiro atoms. The fourth-order valence-electron chi connectivity index (χ4n) is 3.30. The van der Waals surface area contributed by atoms with Crippen LogP contribution in [-0.4, -0.2) is 15.1 Å². The third kappa shape index (κ3) is 6.53. The SMILES string of the molecule is CCCCCCCCCCc1cnc(-c2ccccc2C(O)CC)nc1. The summed E-state index contributed by atoms with van der Waals surface area (Å²) in [6, 6.07) is 7.87. The van der Waals surface area contributed by atoms with E-state index in [1.165, 1.54) is 56.9 Å². The third-order valence-electron chi connectivity index (χ3n) is 4.97. The van der Waals surface area contributed by atoms with Crippen molar-refractivity contribution in [3.05, 3.63) is 47.8 Å². The van der Waals surface area contributed by atoms with Crippen LogP contribution in [0.3, 0.4) is 0 Å². The zero-order valence-electron chi connectivity index (χ0n) is 16.5. The van der Waals surface area contributed by atoms with Crippen LogP contribution in [0.2, 0.25) is 0 Å². The van der Waals surface area contributed by atoms with Crippen molar-refractivity contribution in [1.29, 1.82) is 0 Å². The molecule has 0 aliphatic carbocycles. The first-order chi connectivity index (χ1) is 12.8. The molecule has 0 amide bonds. The van der Waals surface area contributed by atoms with Gasteiger partial charge >= 0.3 is 0 Å². The first-order valence-electron chi connectivity index (χ1n) is 10.3. The van der Waals surface area contributed by atoms with Crippen molar-refractivity contribution in [2.45, 2.75) is 84.2 Å². The van der Waals surface area contributed by atoms with Crippen LogP contribution in [-0.2, 0) is 6.42 Å². The number of hydrogen-bond acceptors (Lipinski definition) is 3. The summed E-state index contributed by atoms with van der Waals surface area (Å²) in [5, 5.41) is 10.2. The topological polar surface area (TPSA) is 46.0 Å². The van der Waals surface area contributed by atoms with Crippen LogP contribution in [0.15, 0.2) is 36.7 Å². The van der Waals surface area contributed by atoms with Gasteiger partial charge in [0.05, 0.1) is 6.10 Å². The van der Waals surface area contributed by atoms with Crippen LogP contribution in [0.5, 0.6) is 0 Å². The summed E-state index contributed by atoms with van der Waals surface area (Å²) < 4.78 is 0. The number of unbranched alkanes of at least 4 members (excludes halogenated alkanes) is 7. The molecule has 1 N–H and O–H groups in total. The maximum Gasteiger partial charge on any atom is 0.159 e. The van der Waals surface area contributed by atoms with Crippen molar-refractivity contribution in [2.75, 3.05) is 0 Å². The highest BCUT2D eigenvalue weighted by atomic mass is 16.3. The first kappa shape index (κ1) is 20.6. The predicted molar refractivity (Wildman–Crippen MR) is 109 cm³/mol. The van der Waals surface area contributed by atoms with Gasteiger partial charge in [0.1, 0.15) is 0 Å². The van der Waals surface area contributed by atoms with E-state index >= 15 is 0 Å². The number of aliphatic hydroxyl groups is 1. The number of benzene rings is 1. The number of aromatic nitrogens is 2. The van der Waals surface area contributed by atoms with E-state index in [0.29, 0.717) is 12.2 Å². The molecule has 2 rings (SSSR count). The number of hydrogen-bond donors (Lipinski definition) is 1. The molecular weight excluding hydrogens is 320 g/mol. The Morgan fingerprint density at radius 3 is 2.12 bits per heavy atom. The molecule has 1 heterocycles. The minimum atomic E-state index is -0.466. The monoisotopic (exact) mass is 354 g/mol. The fourth-order valence-corrected chi connectivity index (χ4v) is 3.30.